The maximum Gasteiger partial charge on any atom is 0.354 e. The summed E-state index contributed by atoms with van der Waals surface area (Å²) in [6.45, 7) is 3.03. The highest BCUT2D eigenvalue weighted by atomic mass is 16.4. The second kappa shape index (κ2) is 6.20. The van der Waals surface area contributed by atoms with E-state index in [1.54, 1.807) is 12.1 Å². The lowest BCUT2D eigenvalue weighted by Gasteiger charge is -2.17. The maximum atomic E-state index is 10.8. The summed E-state index contributed by atoms with van der Waals surface area (Å²) in [5, 5.41) is 12.0. The molecular formula is C12H19N3O2. The van der Waals surface area contributed by atoms with Gasteiger partial charge in [0.2, 0.25) is 0 Å². The first-order chi connectivity index (χ1) is 7.99. The molecule has 0 aliphatic heterocycles. The van der Waals surface area contributed by atoms with Crippen LogP contribution in [0, 0.1) is 0 Å². The molecule has 5 nitrogen and oxygen atoms in total. The summed E-state index contributed by atoms with van der Waals surface area (Å²) in [7, 11) is 4.05. The second-order valence-corrected chi connectivity index (χ2v) is 4.35. The van der Waals surface area contributed by atoms with Crippen molar-refractivity contribution in [3.63, 3.8) is 0 Å². The Morgan fingerprint density at radius 3 is 2.82 bits per heavy atom. The van der Waals surface area contributed by atoms with Crippen molar-refractivity contribution in [3.05, 3.63) is 23.9 Å². The number of anilines is 1. The molecule has 1 rings (SSSR count). The van der Waals surface area contributed by atoms with Crippen LogP contribution in [0.15, 0.2) is 18.2 Å². The van der Waals surface area contributed by atoms with Crippen LogP contribution in [0.4, 0.5) is 5.82 Å². The fourth-order valence-electron chi connectivity index (χ4n) is 1.41. The highest BCUT2D eigenvalue weighted by Gasteiger charge is 2.07. The zero-order valence-electron chi connectivity index (χ0n) is 10.5. The lowest BCUT2D eigenvalue weighted by Crippen LogP contribution is -2.23. The highest BCUT2D eigenvalue weighted by Crippen LogP contribution is 2.08. The van der Waals surface area contributed by atoms with Gasteiger partial charge in [0.05, 0.1) is 0 Å². The summed E-state index contributed by atoms with van der Waals surface area (Å²) >= 11 is 0. The predicted molar refractivity (Wildman–Crippen MR) is 67.5 cm³/mol. The Kier molecular flexibility index (Phi) is 4.90. The number of aromatic carboxylic acids is 1. The minimum absolute atomic E-state index is 0.0646. The molecule has 5 heteroatoms. The van der Waals surface area contributed by atoms with Crippen molar-refractivity contribution in [2.24, 2.45) is 0 Å². The van der Waals surface area contributed by atoms with Gasteiger partial charge in [-0.1, -0.05) is 6.07 Å². The normalized spacial score (nSPS) is 12.5. The fourth-order valence-corrected chi connectivity index (χ4v) is 1.41. The van der Waals surface area contributed by atoms with Crippen LogP contribution in [-0.4, -0.2) is 47.6 Å². The monoisotopic (exact) mass is 237 g/mol. The van der Waals surface area contributed by atoms with Gasteiger partial charge in [-0.15, -0.1) is 0 Å². The minimum atomic E-state index is -1.01. The molecule has 0 aromatic carbocycles. The Bertz CT molecular complexity index is 380. The van der Waals surface area contributed by atoms with Crippen molar-refractivity contribution in [3.8, 4) is 0 Å². The number of pyridine rings is 1. The summed E-state index contributed by atoms with van der Waals surface area (Å²) in [5.41, 5.74) is 0.0646. The van der Waals surface area contributed by atoms with E-state index in [1.807, 2.05) is 14.1 Å². The molecule has 0 spiro atoms. The van der Waals surface area contributed by atoms with Gasteiger partial charge in [0.1, 0.15) is 5.82 Å². The Morgan fingerprint density at radius 2 is 2.24 bits per heavy atom. The third-order valence-electron chi connectivity index (χ3n) is 2.37. The SMILES string of the molecule is CC(CCN(C)C)Nc1cccc(C(=O)O)n1. The van der Waals surface area contributed by atoms with E-state index in [1.165, 1.54) is 6.07 Å². The first kappa shape index (κ1) is 13.4. The Hall–Kier alpha value is -1.62. The van der Waals surface area contributed by atoms with Gasteiger partial charge >= 0.3 is 5.97 Å². The van der Waals surface area contributed by atoms with Crippen molar-refractivity contribution in [1.82, 2.24) is 9.88 Å². The van der Waals surface area contributed by atoms with Crippen molar-refractivity contribution < 1.29 is 9.90 Å². The van der Waals surface area contributed by atoms with Crippen LogP contribution in [0.2, 0.25) is 0 Å². The van der Waals surface area contributed by atoms with Crippen LogP contribution >= 0.6 is 0 Å². The van der Waals surface area contributed by atoms with Gasteiger partial charge in [-0.3, -0.25) is 0 Å². The number of carboxylic acids is 1. The van der Waals surface area contributed by atoms with E-state index in [4.69, 9.17) is 5.11 Å². The van der Waals surface area contributed by atoms with Gasteiger partial charge in [0.15, 0.2) is 5.69 Å². The molecule has 0 saturated carbocycles. The zero-order valence-corrected chi connectivity index (χ0v) is 10.5. The van der Waals surface area contributed by atoms with Crippen molar-refractivity contribution >= 4 is 11.8 Å². The van der Waals surface area contributed by atoms with Crippen LogP contribution in [0.1, 0.15) is 23.8 Å². The van der Waals surface area contributed by atoms with Crippen molar-refractivity contribution in [2.75, 3.05) is 26.0 Å². The number of rotatable bonds is 6. The predicted octanol–water partition coefficient (Wildman–Crippen LogP) is 1.53. The molecule has 0 fully saturated rings. The van der Waals surface area contributed by atoms with E-state index in [-0.39, 0.29) is 11.7 Å². The van der Waals surface area contributed by atoms with E-state index >= 15 is 0 Å². The maximum absolute atomic E-state index is 10.8. The fraction of sp³-hybridized carbons (Fsp3) is 0.500. The third kappa shape index (κ3) is 4.82. The molecule has 0 aliphatic carbocycles. The van der Waals surface area contributed by atoms with E-state index in [0.717, 1.165) is 13.0 Å². The number of hydrogen-bond acceptors (Lipinski definition) is 4. The highest BCUT2D eigenvalue weighted by molar-refractivity contribution is 5.85. The van der Waals surface area contributed by atoms with Gasteiger partial charge in [0, 0.05) is 6.04 Å². The summed E-state index contributed by atoms with van der Waals surface area (Å²) in [6.07, 6.45) is 0.978. The largest absolute Gasteiger partial charge is 0.477 e. The van der Waals surface area contributed by atoms with Crippen LogP contribution in [0.25, 0.3) is 0 Å². The zero-order chi connectivity index (χ0) is 12.8. The average molecular weight is 237 g/mol. The molecule has 1 aromatic heterocycles. The number of hydrogen-bond donors (Lipinski definition) is 2. The van der Waals surface area contributed by atoms with Gasteiger partial charge in [-0.25, -0.2) is 9.78 Å². The molecule has 2 N–H and O–H groups in total. The molecule has 0 amide bonds. The topological polar surface area (TPSA) is 65.5 Å². The van der Waals surface area contributed by atoms with Gasteiger partial charge < -0.3 is 15.3 Å². The number of carboxylic acid groups (broad SMARTS) is 1. The molecule has 0 saturated heterocycles. The lowest BCUT2D eigenvalue weighted by molar-refractivity contribution is 0.0690. The Morgan fingerprint density at radius 1 is 1.53 bits per heavy atom. The number of nitrogens with one attached hydrogen (secondary N) is 1. The van der Waals surface area contributed by atoms with E-state index < -0.39 is 5.97 Å². The number of nitrogens with zero attached hydrogens (tertiary/aromatic N) is 2. The molecule has 1 unspecified atom stereocenters. The Labute approximate surface area is 101 Å². The van der Waals surface area contributed by atoms with E-state index in [0.29, 0.717) is 5.82 Å². The summed E-state index contributed by atoms with van der Waals surface area (Å²) in [5.74, 6) is -0.397. The smallest absolute Gasteiger partial charge is 0.354 e. The van der Waals surface area contributed by atoms with Gasteiger partial charge in [0.25, 0.3) is 0 Å². The van der Waals surface area contributed by atoms with E-state index in [2.05, 4.69) is 22.1 Å². The first-order valence-electron chi connectivity index (χ1n) is 5.60. The standard InChI is InChI=1S/C12H19N3O2/c1-9(7-8-15(2)3)13-11-6-4-5-10(14-11)12(16)17/h4-6,9H,7-8H2,1-3H3,(H,13,14)(H,16,17). The molecule has 1 heterocycles. The van der Waals surface area contributed by atoms with Crippen molar-refractivity contribution in [1.29, 1.82) is 0 Å². The molecular weight excluding hydrogens is 218 g/mol. The minimum Gasteiger partial charge on any atom is -0.477 e. The molecule has 1 atom stereocenters. The Balaban J connectivity index is 2.56. The van der Waals surface area contributed by atoms with Gasteiger partial charge in [-0.05, 0) is 46.1 Å². The molecule has 17 heavy (non-hydrogen) atoms. The summed E-state index contributed by atoms with van der Waals surface area (Å²) in [4.78, 5) is 16.9. The van der Waals surface area contributed by atoms with Crippen molar-refractivity contribution in [2.45, 2.75) is 19.4 Å². The quantitative estimate of drug-likeness (QED) is 0.785. The van der Waals surface area contributed by atoms with Crippen LogP contribution in [0.5, 0.6) is 0 Å². The van der Waals surface area contributed by atoms with Gasteiger partial charge in [-0.2, -0.15) is 0 Å². The molecule has 0 aliphatic rings. The van der Waals surface area contributed by atoms with Crippen LogP contribution in [0.3, 0.4) is 0 Å². The molecule has 1 aromatic rings. The number of aromatic nitrogens is 1. The summed E-state index contributed by atoms with van der Waals surface area (Å²) < 4.78 is 0. The molecule has 0 bridgehead atoms. The van der Waals surface area contributed by atoms with E-state index in [9.17, 15) is 4.79 Å². The average Bonchev–Trinajstić information content (AvgIpc) is 2.26. The second-order valence-electron chi connectivity index (χ2n) is 4.35. The molecule has 0 radical (unpaired) electrons. The number of carbonyl (C=O) groups is 1. The molecule has 94 valence electrons. The third-order valence-corrected chi connectivity index (χ3v) is 2.37. The first-order valence-corrected chi connectivity index (χ1v) is 5.60. The summed E-state index contributed by atoms with van der Waals surface area (Å²) in [6, 6.07) is 5.21. The lowest BCUT2D eigenvalue weighted by atomic mass is 10.2. The van der Waals surface area contributed by atoms with Crippen LogP contribution in [-0.2, 0) is 0 Å². The van der Waals surface area contributed by atoms with Crippen LogP contribution < -0.4 is 5.32 Å².